The molecule has 2 N–H and O–H groups in total. The second-order valence-electron chi connectivity index (χ2n) is 6.11. The zero-order valence-electron chi connectivity index (χ0n) is 15.4. The average Bonchev–Trinajstić information content (AvgIpc) is 3.41. The summed E-state index contributed by atoms with van der Waals surface area (Å²) >= 11 is 1.16. The van der Waals surface area contributed by atoms with Crippen molar-refractivity contribution in [1.82, 2.24) is 19.9 Å². The minimum Gasteiger partial charge on any atom is -0.444 e. The number of rotatable bonds is 5. The Hall–Kier alpha value is -4.05. The molecule has 0 bridgehead atoms. The number of carbonyl (C=O) groups excluding carboxylic acids is 3. The first-order chi connectivity index (χ1) is 14.6. The Morgan fingerprint density at radius 1 is 1.07 bits per heavy atom. The molecule has 4 aromatic rings. The van der Waals surface area contributed by atoms with Crippen LogP contribution < -0.4 is 10.6 Å². The van der Waals surface area contributed by atoms with Crippen LogP contribution in [-0.4, -0.2) is 32.5 Å². The van der Waals surface area contributed by atoms with Gasteiger partial charge >= 0.3 is 6.09 Å². The van der Waals surface area contributed by atoms with E-state index in [-0.39, 0.29) is 17.7 Å². The van der Waals surface area contributed by atoms with Crippen LogP contribution in [0.1, 0.15) is 26.3 Å². The van der Waals surface area contributed by atoms with Crippen LogP contribution in [0.25, 0.3) is 5.65 Å². The maximum Gasteiger partial charge on any atom is 0.414 e. The van der Waals surface area contributed by atoms with Crippen molar-refractivity contribution in [2.24, 2.45) is 0 Å². The highest BCUT2D eigenvalue weighted by Gasteiger charge is 2.19. The Balaban J connectivity index is 1.38. The van der Waals surface area contributed by atoms with Crippen LogP contribution in [0.15, 0.2) is 66.4 Å². The summed E-state index contributed by atoms with van der Waals surface area (Å²) in [6, 6.07) is 12.3. The van der Waals surface area contributed by atoms with E-state index >= 15 is 0 Å². The molecular weight excluding hydrogens is 406 g/mol. The lowest BCUT2D eigenvalue weighted by atomic mass is 10.2. The smallest absolute Gasteiger partial charge is 0.414 e. The number of alkyl carbamates (subject to hydrolysis) is 1. The Labute approximate surface area is 174 Å². The third-order valence-electron chi connectivity index (χ3n) is 4.07. The number of carbonyl (C=O) groups is 3. The summed E-state index contributed by atoms with van der Waals surface area (Å²) in [5.41, 5.74) is 1.83. The van der Waals surface area contributed by atoms with Crippen molar-refractivity contribution in [2.45, 2.75) is 6.61 Å². The van der Waals surface area contributed by atoms with Gasteiger partial charge in [-0.25, -0.2) is 14.3 Å². The van der Waals surface area contributed by atoms with Crippen molar-refractivity contribution in [2.75, 3.05) is 5.32 Å². The molecule has 0 aliphatic heterocycles. The van der Waals surface area contributed by atoms with E-state index in [9.17, 15) is 14.4 Å². The van der Waals surface area contributed by atoms with Crippen LogP contribution in [0, 0.1) is 0 Å². The maximum atomic E-state index is 12.5. The molecule has 150 valence electrons. The summed E-state index contributed by atoms with van der Waals surface area (Å²) in [5.74, 6) is -1.13. The molecule has 0 fully saturated rings. The van der Waals surface area contributed by atoms with Crippen molar-refractivity contribution in [3.8, 4) is 0 Å². The highest BCUT2D eigenvalue weighted by Crippen LogP contribution is 2.24. The van der Waals surface area contributed by atoms with E-state index in [1.807, 2.05) is 18.2 Å². The number of nitrogens with one attached hydrogen (secondary N) is 2. The van der Waals surface area contributed by atoms with E-state index in [1.165, 1.54) is 23.0 Å². The SMILES string of the molecule is O=C(NC(=O)c1ccsc1NC(=O)c1cnc2ccnn2c1)OCc1ccccc1. The third-order valence-corrected chi connectivity index (χ3v) is 4.90. The van der Waals surface area contributed by atoms with Gasteiger partial charge in [-0.3, -0.25) is 14.9 Å². The number of benzene rings is 1. The van der Waals surface area contributed by atoms with Crippen LogP contribution in [0.5, 0.6) is 0 Å². The lowest BCUT2D eigenvalue weighted by Gasteiger charge is -2.08. The molecule has 3 heterocycles. The van der Waals surface area contributed by atoms with E-state index in [1.54, 1.807) is 29.8 Å². The first-order valence-corrected chi connectivity index (χ1v) is 9.68. The van der Waals surface area contributed by atoms with Gasteiger partial charge < -0.3 is 10.1 Å². The normalized spacial score (nSPS) is 10.5. The molecule has 0 saturated heterocycles. The number of amides is 3. The first kappa shape index (κ1) is 19.3. The lowest BCUT2D eigenvalue weighted by Crippen LogP contribution is -2.31. The fourth-order valence-electron chi connectivity index (χ4n) is 2.61. The van der Waals surface area contributed by atoms with Crippen molar-refractivity contribution in [1.29, 1.82) is 0 Å². The van der Waals surface area contributed by atoms with Crippen LogP contribution in [-0.2, 0) is 11.3 Å². The number of thiophene rings is 1. The van der Waals surface area contributed by atoms with Gasteiger partial charge in [0, 0.05) is 18.5 Å². The maximum absolute atomic E-state index is 12.5. The van der Waals surface area contributed by atoms with Crippen LogP contribution in [0.4, 0.5) is 9.80 Å². The van der Waals surface area contributed by atoms with Gasteiger partial charge in [0.2, 0.25) is 0 Å². The highest BCUT2D eigenvalue weighted by molar-refractivity contribution is 7.14. The second kappa shape index (κ2) is 8.53. The largest absolute Gasteiger partial charge is 0.444 e. The third kappa shape index (κ3) is 4.33. The van der Waals surface area contributed by atoms with Gasteiger partial charge in [-0.2, -0.15) is 5.10 Å². The van der Waals surface area contributed by atoms with Crippen LogP contribution >= 0.6 is 11.3 Å². The second-order valence-corrected chi connectivity index (χ2v) is 7.03. The zero-order chi connectivity index (χ0) is 20.9. The van der Waals surface area contributed by atoms with Crippen molar-refractivity contribution in [3.05, 3.63) is 83.1 Å². The molecule has 1 aromatic carbocycles. The summed E-state index contributed by atoms with van der Waals surface area (Å²) in [6.45, 7) is 0.0378. The minimum atomic E-state index is -0.874. The van der Waals surface area contributed by atoms with E-state index in [0.29, 0.717) is 10.6 Å². The summed E-state index contributed by atoms with van der Waals surface area (Å²) in [4.78, 5) is 41.0. The number of nitrogens with zero attached hydrogens (tertiary/aromatic N) is 3. The topological polar surface area (TPSA) is 115 Å². The standard InChI is InChI=1S/C20H15N5O4S/c26-17(14-10-21-16-6-8-22-25(16)11-14)23-19-15(7-9-30-19)18(27)24-20(28)29-12-13-4-2-1-3-5-13/h1-11H,12H2,(H,23,26)(H,24,27,28). The number of anilines is 1. The Morgan fingerprint density at radius 3 is 2.73 bits per heavy atom. The van der Waals surface area contributed by atoms with Gasteiger partial charge in [0.05, 0.1) is 17.3 Å². The number of ether oxygens (including phenoxy) is 1. The number of hydrogen-bond acceptors (Lipinski definition) is 7. The quantitative estimate of drug-likeness (QED) is 0.512. The van der Waals surface area contributed by atoms with Crippen molar-refractivity contribution < 1.29 is 19.1 Å². The number of aromatic nitrogens is 3. The van der Waals surface area contributed by atoms with Gasteiger partial charge in [-0.15, -0.1) is 11.3 Å². The van der Waals surface area contributed by atoms with Crippen LogP contribution in [0.3, 0.4) is 0 Å². The molecule has 0 saturated carbocycles. The summed E-state index contributed by atoms with van der Waals surface area (Å²) in [5, 5.41) is 10.8. The van der Waals surface area contributed by atoms with E-state index in [2.05, 4.69) is 20.7 Å². The summed E-state index contributed by atoms with van der Waals surface area (Å²) in [6.07, 6.45) is 3.65. The molecule has 0 spiro atoms. The Bertz CT molecular complexity index is 1220. The molecule has 9 nitrogen and oxygen atoms in total. The molecule has 3 aromatic heterocycles. The van der Waals surface area contributed by atoms with Gasteiger partial charge in [-0.1, -0.05) is 30.3 Å². The molecule has 10 heteroatoms. The monoisotopic (exact) mass is 421 g/mol. The number of imide groups is 1. The van der Waals surface area contributed by atoms with E-state index in [0.717, 1.165) is 16.9 Å². The fourth-order valence-corrected chi connectivity index (χ4v) is 3.39. The molecule has 0 aliphatic rings. The predicted octanol–water partition coefficient (Wildman–Crippen LogP) is 3.11. The summed E-state index contributed by atoms with van der Waals surface area (Å²) in [7, 11) is 0. The average molecular weight is 421 g/mol. The van der Waals surface area contributed by atoms with Gasteiger partial charge in [-0.05, 0) is 17.0 Å². The lowest BCUT2D eigenvalue weighted by molar-refractivity contribution is 0.0913. The van der Waals surface area contributed by atoms with E-state index < -0.39 is 17.9 Å². The number of fused-ring (bicyclic) bond motifs is 1. The predicted molar refractivity (Wildman–Crippen MR) is 109 cm³/mol. The minimum absolute atomic E-state index is 0.0378. The summed E-state index contributed by atoms with van der Waals surface area (Å²) < 4.78 is 6.52. The number of hydrogen-bond donors (Lipinski definition) is 2. The Kier molecular flexibility index (Phi) is 5.48. The van der Waals surface area contributed by atoms with Gasteiger partial charge in [0.25, 0.3) is 11.8 Å². The molecule has 0 unspecified atom stereocenters. The van der Waals surface area contributed by atoms with Crippen LogP contribution in [0.2, 0.25) is 0 Å². The van der Waals surface area contributed by atoms with Gasteiger partial charge in [0.15, 0.2) is 5.65 Å². The molecule has 30 heavy (non-hydrogen) atoms. The molecule has 3 amide bonds. The molecule has 0 aliphatic carbocycles. The molecular formula is C20H15N5O4S. The van der Waals surface area contributed by atoms with E-state index in [4.69, 9.17) is 4.74 Å². The molecule has 0 atom stereocenters. The van der Waals surface area contributed by atoms with Crippen molar-refractivity contribution >= 4 is 39.9 Å². The van der Waals surface area contributed by atoms with Crippen molar-refractivity contribution in [3.63, 3.8) is 0 Å². The first-order valence-electron chi connectivity index (χ1n) is 8.80. The fraction of sp³-hybridized carbons (Fsp3) is 0.0500. The highest BCUT2D eigenvalue weighted by atomic mass is 32.1. The molecule has 0 radical (unpaired) electrons. The zero-order valence-corrected chi connectivity index (χ0v) is 16.3. The molecule has 4 rings (SSSR count). The van der Waals surface area contributed by atoms with Gasteiger partial charge in [0.1, 0.15) is 11.6 Å². The Morgan fingerprint density at radius 2 is 1.90 bits per heavy atom.